The van der Waals surface area contributed by atoms with Crippen molar-refractivity contribution in [3.63, 3.8) is 0 Å². The summed E-state index contributed by atoms with van der Waals surface area (Å²) in [5, 5.41) is 0. The number of hydrogen-bond acceptors (Lipinski definition) is 2. The van der Waals surface area contributed by atoms with Crippen LogP contribution in [0.2, 0.25) is 0 Å². The third kappa shape index (κ3) is 12.4. The highest BCUT2D eigenvalue weighted by molar-refractivity contribution is 7.89. The Morgan fingerprint density at radius 3 is 2.24 bits per heavy atom. The molecule has 0 heterocycles. The Bertz CT molecular complexity index is 235. The van der Waals surface area contributed by atoms with Gasteiger partial charge < -0.3 is 0 Å². The maximum Gasteiger partial charge on any atom is 0.211 e. The van der Waals surface area contributed by atoms with E-state index in [1.54, 1.807) is 0 Å². The van der Waals surface area contributed by atoms with Gasteiger partial charge in [0.05, 0.1) is 5.75 Å². The van der Waals surface area contributed by atoms with E-state index in [9.17, 15) is 8.42 Å². The maximum atomic E-state index is 11.6. The highest BCUT2D eigenvalue weighted by atomic mass is 35.5. The van der Waals surface area contributed by atoms with Gasteiger partial charge in [-0.25, -0.2) is 13.1 Å². The lowest BCUT2D eigenvalue weighted by Crippen LogP contribution is -2.27. The van der Waals surface area contributed by atoms with Crippen molar-refractivity contribution in [1.29, 1.82) is 0 Å². The van der Waals surface area contributed by atoms with Crippen LogP contribution in [0, 0.1) is 0 Å². The first-order valence-electron chi connectivity index (χ1n) is 6.65. The number of alkyl halides is 1. The molecule has 5 heteroatoms. The van der Waals surface area contributed by atoms with Crippen molar-refractivity contribution in [3.8, 4) is 0 Å². The Labute approximate surface area is 111 Å². The van der Waals surface area contributed by atoms with Gasteiger partial charge in [0.15, 0.2) is 0 Å². The summed E-state index contributed by atoms with van der Waals surface area (Å²) in [7, 11) is -3.04. The monoisotopic (exact) mass is 283 g/mol. The third-order valence-electron chi connectivity index (χ3n) is 2.65. The van der Waals surface area contributed by atoms with Crippen molar-refractivity contribution < 1.29 is 8.42 Å². The summed E-state index contributed by atoms with van der Waals surface area (Å²) in [5.74, 6) is 0.922. The first kappa shape index (κ1) is 17.2. The smallest absolute Gasteiger partial charge is 0.211 e. The molecule has 0 bridgehead atoms. The van der Waals surface area contributed by atoms with Crippen LogP contribution in [-0.2, 0) is 10.0 Å². The zero-order chi connectivity index (χ0) is 13.0. The molecule has 0 aromatic rings. The van der Waals surface area contributed by atoms with Gasteiger partial charge in [-0.15, -0.1) is 11.6 Å². The number of nitrogens with one attached hydrogen (secondary N) is 1. The summed E-state index contributed by atoms with van der Waals surface area (Å²) in [6, 6.07) is 0. The number of hydrogen-bond donors (Lipinski definition) is 1. The predicted octanol–water partition coefficient (Wildman–Crippen LogP) is 3.29. The van der Waals surface area contributed by atoms with Gasteiger partial charge in [0.25, 0.3) is 0 Å². The van der Waals surface area contributed by atoms with Gasteiger partial charge in [-0.2, -0.15) is 0 Å². The van der Waals surface area contributed by atoms with Crippen LogP contribution < -0.4 is 4.72 Å². The fourth-order valence-electron chi connectivity index (χ4n) is 1.59. The molecule has 0 unspecified atom stereocenters. The molecule has 104 valence electrons. The van der Waals surface area contributed by atoms with Gasteiger partial charge in [-0.1, -0.05) is 39.0 Å². The summed E-state index contributed by atoms with van der Waals surface area (Å²) in [6.07, 6.45) is 8.09. The van der Waals surface area contributed by atoms with Crippen molar-refractivity contribution >= 4 is 21.6 Å². The molecule has 0 rings (SSSR count). The minimum absolute atomic E-state index is 0.253. The van der Waals surface area contributed by atoms with Crippen LogP contribution in [0.5, 0.6) is 0 Å². The summed E-state index contributed by atoms with van der Waals surface area (Å²) < 4.78 is 25.8. The molecule has 0 saturated heterocycles. The van der Waals surface area contributed by atoms with E-state index < -0.39 is 10.0 Å². The van der Waals surface area contributed by atoms with Crippen LogP contribution in [0.25, 0.3) is 0 Å². The summed E-state index contributed by atoms with van der Waals surface area (Å²) in [6.45, 7) is 2.73. The van der Waals surface area contributed by atoms with E-state index in [0.717, 1.165) is 38.5 Å². The van der Waals surface area contributed by atoms with E-state index in [4.69, 9.17) is 11.6 Å². The number of sulfonamides is 1. The zero-order valence-electron chi connectivity index (χ0n) is 10.9. The Morgan fingerprint density at radius 1 is 0.941 bits per heavy atom. The predicted molar refractivity (Wildman–Crippen MR) is 75.1 cm³/mol. The van der Waals surface area contributed by atoms with E-state index in [-0.39, 0.29) is 5.75 Å². The normalized spacial score (nSPS) is 11.9. The molecule has 0 amide bonds. The molecule has 0 radical (unpaired) electrons. The largest absolute Gasteiger partial charge is 0.215 e. The van der Waals surface area contributed by atoms with Gasteiger partial charge in [0.2, 0.25) is 10.0 Å². The maximum absolute atomic E-state index is 11.6. The molecule has 0 aliphatic carbocycles. The van der Waals surface area contributed by atoms with Crippen molar-refractivity contribution in [3.05, 3.63) is 0 Å². The molecule has 0 saturated carbocycles. The fraction of sp³-hybridized carbons (Fsp3) is 1.00. The fourth-order valence-corrected chi connectivity index (χ4v) is 2.96. The number of unbranched alkanes of at least 4 members (excludes halogenated alkanes) is 6. The Balaban J connectivity index is 3.46. The highest BCUT2D eigenvalue weighted by Gasteiger charge is 2.08. The first-order chi connectivity index (χ1) is 8.12. The molecule has 0 aromatic carbocycles. The molecule has 0 aliphatic heterocycles. The minimum atomic E-state index is -3.04. The second-order valence-electron chi connectivity index (χ2n) is 4.38. The second kappa shape index (κ2) is 11.3. The molecule has 0 spiro atoms. The Hall–Kier alpha value is 0.200. The zero-order valence-corrected chi connectivity index (χ0v) is 12.5. The number of halogens is 1. The Kier molecular flexibility index (Phi) is 11.4. The lowest BCUT2D eigenvalue weighted by molar-refractivity contribution is 0.568. The number of rotatable bonds is 12. The average Bonchev–Trinajstić information content (AvgIpc) is 2.28. The van der Waals surface area contributed by atoms with E-state index in [1.807, 2.05) is 0 Å². The average molecular weight is 284 g/mol. The van der Waals surface area contributed by atoms with Crippen LogP contribution in [0.3, 0.4) is 0 Å². The molecule has 0 aromatic heterocycles. The van der Waals surface area contributed by atoms with Gasteiger partial charge in [-0.3, -0.25) is 0 Å². The highest BCUT2D eigenvalue weighted by Crippen LogP contribution is 2.03. The summed E-state index contributed by atoms with van der Waals surface area (Å²) >= 11 is 5.55. The summed E-state index contributed by atoms with van der Waals surface area (Å²) in [5.41, 5.74) is 0. The molecule has 0 aliphatic rings. The molecule has 0 atom stereocenters. The van der Waals surface area contributed by atoms with Crippen LogP contribution in [0.4, 0.5) is 0 Å². The molecular weight excluding hydrogens is 258 g/mol. The van der Waals surface area contributed by atoms with Crippen LogP contribution in [0.15, 0.2) is 0 Å². The Morgan fingerprint density at radius 2 is 1.59 bits per heavy atom. The SMILES string of the molecule is CCCCCCNS(=O)(=O)CCCCCCCl. The molecule has 1 N–H and O–H groups in total. The lowest BCUT2D eigenvalue weighted by atomic mass is 10.2. The van der Waals surface area contributed by atoms with Gasteiger partial charge in [0.1, 0.15) is 0 Å². The van der Waals surface area contributed by atoms with Crippen LogP contribution in [0.1, 0.15) is 58.3 Å². The van der Waals surface area contributed by atoms with Crippen molar-refractivity contribution in [2.75, 3.05) is 18.2 Å². The van der Waals surface area contributed by atoms with Crippen molar-refractivity contribution in [2.45, 2.75) is 58.3 Å². The first-order valence-corrected chi connectivity index (χ1v) is 8.84. The molecular formula is C12H26ClNO2S. The second-order valence-corrected chi connectivity index (χ2v) is 6.68. The van der Waals surface area contributed by atoms with E-state index in [1.165, 1.54) is 12.8 Å². The standard InChI is InChI=1S/C12H26ClNO2S/c1-2-3-4-8-11-14-17(15,16)12-9-6-5-7-10-13/h14H,2-12H2,1H3. The third-order valence-corrected chi connectivity index (χ3v) is 4.39. The minimum Gasteiger partial charge on any atom is -0.215 e. The quantitative estimate of drug-likeness (QED) is 0.441. The van der Waals surface area contributed by atoms with Gasteiger partial charge in [0, 0.05) is 12.4 Å². The van der Waals surface area contributed by atoms with Crippen molar-refractivity contribution in [2.24, 2.45) is 0 Å². The summed E-state index contributed by atoms with van der Waals surface area (Å²) in [4.78, 5) is 0. The van der Waals surface area contributed by atoms with Gasteiger partial charge >= 0.3 is 0 Å². The molecule has 3 nitrogen and oxygen atoms in total. The van der Waals surface area contributed by atoms with Crippen LogP contribution >= 0.6 is 11.6 Å². The van der Waals surface area contributed by atoms with Crippen LogP contribution in [-0.4, -0.2) is 26.6 Å². The molecule has 17 heavy (non-hydrogen) atoms. The van der Waals surface area contributed by atoms with E-state index >= 15 is 0 Å². The van der Waals surface area contributed by atoms with Crippen molar-refractivity contribution in [1.82, 2.24) is 4.72 Å². The molecule has 0 fully saturated rings. The lowest BCUT2D eigenvalue weighted by Gasteiger charge is -2.06. The van der Waals surface area contributed by atoms with E-state index in [2.05, 4.69) is 11.6 Å². The van der Waals surface area contributed by atoms with E-state index in [0.29, 0.717) is 12.4 Å². The van der Waals surface area contributed by atoms with Gasteiger partial charge in [-0.05, 0) is 19.3 Å². The topological polar surface area (TPSA) is 46.2 Å².